The van der Waals surface area contributed by atoms with E-state index in [9.17, 15) is 0 Å². The SMILES string of the molecule is Cc1sc2ncnc(N/N=C\c3ccc(Br)cc3)c2c1C. The Balaban J connectivity index is 1.87. The van der Waals surface area contributed by atoms with Gasteiger partial charge in [0, 0.05) is 9.35 Å². The largest absolute Gasteiger partial charge is 0.261 e. The summed E-state index contributed by atoms with van der Waals surface area (Å²) in [5, 5.41) is 5.32. The molecule has 0 aliphatic rings. The van der Waals surface area contributed by atoms with E-state index in [0.717, 1.165) is 26.1 Å². The van der Waals surface area contributed by atoms with Crippen molar-refractivity contribution in [3.8, 4) is 0 Å². The van der Waals surface area contributed by atoms with Crippen LogP contribution in [0.4, 0.5) is 5.82 Å². The summed E-state index contributed by atoms with van der Waals surface area (Å²) in [7, 11) is 0. The van der Waals surface area contributed by atoms with Crippen LogP contribution in [0.25, 0.3) is 10.2 Å². The number of benzene rings is 1. The van der Waals surface area contributed by atoms with E-state index in [-0.39, 0.29) is 0 Å². The van der Waals surface area contributed by atoms with Crippen molar-refractivity contribution in [2.75, 3.05) is 5.43 Å². The molecule has 3 rings (SSSR count). The summed E-state index contributed by atoms with van der Waals surface area (Å²) in [6.45, 7) is 4.18. The standard InChI is InChI=1S/C15H13BrN4S/c1-9-10(2)21-15-13(9)14(17-8-18-15)20-19-7-11-3-5-12(16)6-4-11/h3-8H,1-2H3,(H,17,18,20)/b19-7-. The topological polar surface area (TPSA) is 50.2 Å². The molecule has 21 heavy (non-hydrogen) atoms. The van der Waals surface area contributed by atoms with Crippen molar-refractivity contribution < 1.29 is 0 Å². The number of halogens is 1. The van der Waals surface area contributed by atoms with E-state index in [1.165, 1.54) is 10.4 Å². The van der Waals surface area contributed by atoms with E-state index in [0.29, 0.717) is 0 Å². The summed E-state index contributed by atoms with van der Waals surface area (Å²) in [6, 6.07) is 7.95. The molecule has 0 aliphatic carbocycles. The van der Waals surface area contributed by atoms with Crippen molar-refractivity contribution >= 4 is 49.5 Å². The zero-order chi connectivity index (χ0) is 14.8. The molecule has 2 heterocycles. The number of hydrazone groups is 1. The molecule has 1 N–H and O–H groups in total. The molecule has 0 amide bonds. The lowest BCUT2D eigenvalue weighted by Crippen LogP contribution is -1.95. The molecule has 0 fully saturated rings. The molecule has 0 saturated heterocycles. The van der Waals surface area contributed by atoms with Crippen molar-refractivity contribution in [1.82, 2.24) is 9.97 Å². The van der Waals surface area contributed by atoms with Gasteiger partial charge in [0.15, 0.2) is 5.82 Å². The number of hydrogen-bond acceptors (Lipinski definition) is 5. The molecule has 2 aromatic heterocycles. The summed E-state index contributed by atoms with van der Waals surface area (Å²) in [6.07, 6.45) is 3.34. The fraction of sp³-hybridized carbons (Fsp3) is 0.133. The first kappa shape index (κ1) is 14.2. The van der Waals surface area contributed by atoms with Crippen LogP contribution in [0.5, 0.6) is 0 Å². The summed E-state index contributed by atoms with van der Waals surface area (Å²) in [5.41, 5.74) is 5.25. The summed E-state index contributed by atoms with van der Waals surface area (Å²) in [4.78, 5) is 10.8. The molecule has 3 aromatic rings. The minimum Gasteiger partial charge on any atom is -0.261 e. The quantitative estimate of drug-likeness (QED) is 0.551. The van der Waals surface area contributed by atoms with E-state index >= 15 is 0 Å². The van der Waals surface area contributed by atoms with Crippen LogP contribution in [0, 0.1) is 13.8 Å². The maximum absolute atomic E-state index is 4.31. The molecule has 0 unspecified atom stereocenters. The minimum atomic E-state index is 0.746. The number of aryl methyl sites for hydroxylation is 2. The third-order valence-corrected chi connectivity index (χ3v) is 4.86. The van der Waals surface area contributed by atoms with Gasteiger partial charge in [0.2, 0.25) is 0 Å². The maximum atomic E-state index is 4.31. The monoisotopic (exact) mass is 360 g/mol. The van der Waals surface area contributed by atoms with Gasteiger partial charge < -0.3 is 0 Å². The van der Waals surface area contributed by atoms with Gasteiger partial charge in [-0.05, 0) is 37.1 Å². The summed E-state index contributed by atoms with van der Waals surface area (Å²) in [5.74, 6) is 0.746. The molecule has 6 heteroatoms. The van der Waals surface area contributed by atoms with Crippen LogP contribution in [0.2, 0.25) is 0 Å². The third-order valence-electron chi connectivity index (χ3n) is 3.22. The lowest BCUT2D eigenvalue weighted by Gasteiger charge is -2.02. The number of fused-ring (bicyclic) bond motifs is 1. The Morgan fingerprint density at radius 1 is 1.19 bits per heavy atom. The van der Waals surface area contributed by atoms with Crippen molar-refractivity contribution in [1.29, 1.82) is 0 Å². The van der Waals surface area contributed by atoms with Crippen LogP contribution < -0.4 is 5.43 Å². The molecule has 4 nitrogen and oxygen atoms in total. The molecule has 0 radical (unpaired) electrons. The fourth-order valence-corrected chi connectivity index (χ4v) is 3.25. The van der Waals surface area contributed by atoms with Crippen molar-refractivity contribution in [3.63, 3.8) is 0 Å². The zero-order valence-electron chi connectivity index (χ0n) is 11.6. The Kier molecular flexibility index (Phi) is 3.98. The molecule has 0 aliphatic heterocycles. The highest BCUT2D eigenvalue weighted by molar-refractivity contribution is 9.10. The minimum absolute atomic E-state index is 0.746. The average Bonchev–Trinajstić information content (AvgIpc) is 2.77. The van der Waals surface area contributed by atoms with Gasteiger partial charge in [0.25, 0.3) is 0 Å². The Morgan fingerprint density at radius 3 is 2.71 bits per heavy atom. The molecule has 0 atom stereocenters. The van der Waals surface area contributed by atoms with Gasteiger partial charge in [-0.1, -0.05) is 28.1 Å². The number of thiophene rings is 1. The number of nitrogens with one attached hydrogen (secondary N) is 1. The van der Waals surface area contributed by atoms with Crippen LogP contribution in [0.1, 0.15) is 16.0 Å². The van der Waals surface area contributed by atoms with Crippen LogP contribution in [-0.2, 0) is 0 Å². The summed E-state index contributed by atoms with van der Waals surface area (Å²) < 4.78 is 1.05. The highest BCUT2D eigenvalue weighted by Crippen LogP contribution is 2.32. The Morgan fingerprint density at radius 2 is 1.95 bits per heavy atom. The molecular weight excluding hydrogens is 348 g/mol. The number of aromatic nitrogens is 2. The molecule has 0 saturated carbocycles. The van der Waals surface area contributed by atoms with Crippen molar-refractivity contribution in [2.45, 2.75) is 13.8 Å². The van der Waals surface area contributed by atoms with Crippen molar-refractivity contribution in [3.05, 3.63) is 51.1 Å². The summed E-state index contributed by atoms with van der Waals surface area (Å²) >= 11 is 5.09. The van der Waals surface area contributed by atoms with E-state index in [4.69, 9.17) is 0 Å². The number of rotatable bonds is 3. The van der Waals surface area contributed by atoms with Crippen LogP contribution in [-0.4, -0.2) is 16.2 Å². The van der Waals surface area contributed by atoms with E-state index in [2.05, 4.69) is 50.3 Å². The van der Waals surface area contributed by atoms with Crippen LogP contribution in [0.3, 0.4) is 0 Å². The first-order valence-corrected chi connectivity index (χ1v) is 8.01. The van der Waals surface area contributed by atoms with Crippen molar-refractivity contribution in [2.24, 2.45) is 5.10 Å². The lowest BCUT2D eigenvalue weighted by atomic mass is 10.2. The second-order valence-electron chi connectivity index (χ2n) is 4.61. The van der Waals surface area contributed by atoms with E-state index < -0.39 is 0 Å². The normalized spacial score (nSPS) is 11.4. The highest BCUT2D eigenvalue weighted by Gasteiger charge is 2.10. The molecule has 0 spiro atoms. The van der Waals surface area contributed by atoms with Gasteiger partial charge in [0.1, 0.15) is 11.2 Å². The van der Waals surface area contributed by atoms with Gasteiger partial charge in [-0.3, -0.25) is 5.43 Å². The highest BCUT2D eigenvalue weighted by atomic mass is 79.9. The molecule has 106 valence electrons. The van der Waals surface area contributed by atoms with Gasteiger partial charge in [0.05, 0.1) is 11.6 Å². The fourth-order valence-electron chi connectivity index (χ4n) is 1.98. The predicted octanol–water partition coefficient (Wildman–Crippen LogP) is 4.52. The Hall–Kier alpha value is -1.79. The van der Waals surface area contributed by atoms with E-state index in [1.54, 1.807) is 23.9 Å². The third kappa shape index (κ3) is 2.96. The van der Waals surface area contributed by atoms with Gasteiger partial charge in [-0.15, -0.1) is 11.3 Å². The van der Waals surface area contributed by atoms with Gasteiger partial charge >= 0.3 is 0 Å². The Bertz CT molecular complexity index is 808. The van der Waals surface area contributed by atoms with Crippen LogP contribution >= 0.6 is 27.3 Å². The number of hydrogen-bond donors (Lipinski definition) is 1. The number of anilines is 1. The molecule has 1 aromatic carbocycles. The van der Waals surface area contributed by atoms with Gasteiger partial charge in [-0.2, -0.15) is 5.10 Å². The smallest absolute Gasteiger partial charge is 0.158 e. The van der Waals surface area contributed by atoms with Gasteiger partial charge in [-0.25, -0.2) is 9.97 Å². The average molecular weight is 361 g/mol. The van der Waals surface area contributed by atoms with Crippen LogP contribution in [0.15, 0.2) is 40.2 Å². The zero-order valence-corrected chi connectivity index (χ0v) is 14.0. The molecular formula is C15H13BrN4S. The second kappa shape index (κ2) is 5.91. The predicted molar refractivity (Wildman–Crippen MR) is 92.2 cm³/mol. The second-order valence-corrected chi connectivity index (χ2v) is 6.73. The van der Waals surface area contributed by atoms with E-state index in [1.807, 2.05) is 24.3 Å². The maximum Gasteiger partial charge on any atom is 0.158 e. The Labute approximate surface area is 135 Å². The first-order chi connectivity index (χ1) is 10.1. The molecule has 0 bridgehead atoms. The number of nitrogens with zero attached hydrogens (tertiary/aromatic N) is 3. The lowest BCUT2D eigenvalue weighted by molar-refractivity contribution is 1.19. The first-order valence-electron chi connectivity index (χ1n) is 6.40.